The molecule has 0 spiro atoms. The molecule has 0 bridgehead atoms. The summed E-state index contributed by atoms with van der Waals surface area (Å²) in [5.41, 5.74) is 0.0545. The van der Waals surface area contributed by atoms with E-state index >= 15 is 0 Å². The fraction of sp³-hybridized carbons (Fsp3) is 0.200. The molecular formula is C15H13Br2FN2O4S. The highest BCUT2D eigenvalue weighted by Crippen LogP contribution is 2.22. The number of carbonyl (C=O) groups excluding carboxylic acids is 2. The average Bonchev–Trinajstić information content (AvgIpc) is 2.60. The Bertz CT molecular complexity index is 777. The summed E-state index contributed by atoms with van der Waals surface area (Å²) in [6, 6.07) is 2.99. The molecular weight excluding hydrogens is 483 g/mol. The van der Waals surface area contributed by atoms with Crippen molar-refractivity contribution in [2.24, 2.45) is 0 Å². The maximum absolute atomic E-state index is 12.9. The Morgan fingerprint density at radius 1 is 1.00 bits per heavy atom. The van der Waals surface area contributed by atoms with Crippen LogP contribution in [0.1, 0.15) is 21.0 Å². The first-order valence-electron chi connectivity index (χ1n) is 6.51. The van der Waals surface area contributed by atoms with Crippen LogP contribution in [0.15, 0.2) is 38.4 Å². The van der Waals surface area contributed by atoms with E-state index in [-0.39, 0.29) is 5.69 Å². The topological polar surface area (TPSA) is 78.4 Å². The first-order valence-corrected chi connectivity index (χ1v) is 9.32. The number of thioether (sulfide) groups is 1. The number of esters is 2. The summed E-state index contributed by atoms with van der Waals surface area (Å²) in [5, 5.41) is 0. The smallest absolute Gasteiger partial charge is 0.359 e. The molecule has 0 aromatic carbocycles. The molecule has 0 saturated heterocycles. The van der Waals surface area contributed by atoms with Crippen LogP contribution in [0.5, 0.6) is 0 Å². The van der Waals surface area contributed by atoms with Crippen LogP contribution in [0.4, 0.5) is 4.39 Å². The van der Waals surface area contributed by atoms with E-state index in [2.05, 4.69) is 51.3 Å². The minimum atomic E-state index is -0.778. The van der Waals surface area contributed by atoms with Gasteiger partial charge in [0.25, 0.3) is 0 Å². The molecule has 2 rings (SSSR count). The summed E-state index contributed by atoms with van der Waals surface area (Å²) in [6.45, 7) is 0. The first-order chi connectivity index (χ1) is 11.8. The van der Waals surface area contributed by atoms with Gasteiger partial charge in [0, 0.05) is 26.2 Å². The number of pyridine rings is 2. The molecule has 0 radical (unpaired) electrons. The number of ether oxygens (including phenoxy) is 2. The van der Waals surface area contributed by atoms with Crippen molar-refractivity contribution in [3.8, 4) is 0 Å². The highest BCUT2D eigenvalue weighted by molar-refractivity contribution is 9.10. The van der Waals surface area contributed by atoms with Gasteiger partial charge in [-0.25, -0.2) is 23.9 Å². The number of hydrogen-bond donors (Lipinski definition) is 0. The third kappa shape index (κ3) is 6.37. The van der Waals surface area contributed by atoms with Gasteiger partial charge in [0.05, 0.1) is 14.2 Å². The van der Waals surface area contributed by atoms with E-state index < -0.39 is 17.8 Å². The van der Waals surface area contributed by atoms with Crippen LogP contribution in [0, 0.1) is 5.82 Å². The summed E-state index contributed by atoms with van der Waals surface area (Å²) < 4.78 is 23.1. The van der Waals surface area contributed by atoms with Crippen LogP contribution in [-0.2, 0) is 9.47 Å². The Hall–Kier alpha value is -1.52. The fourth-order valence-corrected chi connectivity index (χ4v) is 2.85. The number of nitrogens with zero attached hydrogens (tertiary/aromatic N) is 2. The summed E-state index contributed by atoms with van der Waals surface area (Å²) in [6.07, 6.45) is 4.79. The van der Waals surface area contributed by atoms with Crippen LogP contribution < -0.4 is 0 Å². The third-order valence-electron chi connectivity index (χ3n) is 2.60. The molecule has 0 fully saturated rings. The van der Waals surface area contributed by atoms with Gasteiger partial charge in [0.15, 0.2) is 17.2 Å². The van der Waals surface area contributed by atoms with Gasteiger partial charge in [0.2, 0.25) is 0 Å². The molecule has 0 amide bonds. The lowest BCUT2D eigenvalue weighted by molar-refractivity contribution is 0.0580. The Kier molecular flexibility index (Phi) is 9.01. The van der Waals surface area contributed by atoms with Crippen LogP contribution in [-0.4, -0.2) is 42.4 Å². The van der Waals surface area contributed by atoms with Crippen LogP contribution in [0.2, 0.25) is 0 Å². The molecule has 0 aliphatic heterocycles. The van der Waals surface area contributed by atoms with Crippen LogP contribution >= 0.6 is 43.6 Å². The number of methoxy groups -OCH3 is 2. The summed E-state index contributed by atoms with van der Waals surface area (Å²) in [7, 11) is 2.52. The SMILES string of the molecule is COC(=O)c1ncc(Br)cc1F.COC(=O)c1ncc(Br)cc1SC. The monoisotopic (exact) mass is 494 g/mol. The van der Waals surface area contributed by atoms with E-state index in [9.17, 15) is 14.0 Å². The summed E-state index contributed by atoms with van der Waals surface area (Å²) in [4.78, 5) is 30.3. The average molecular weight is 496 g/mol. The molecule has 2 heterocycles. The lowest BCUT2D eigenvalue weighted by atomic mass is 10.3. The number of halogens is 3. The van der Waals surface area contributed by atoms with E-state index in [0.29, 0.717) is 10.2 Å². The van der Waals surface area contributed by atoms with Gasteiger partial charge in [-0.05, 0) is 50.2 Å². The van der Waals surface area contributed by atoms with Gasteiger partial charge >= 0.3 is 11.9 Å². The molecule has 6 nitrogen and oxygen atoms in total. The molecule has 0 N–H and O–H groups in total. The lowest BCUT2D eigenvalue weighted by Crippen LogP contribution is -2.06. The fourth-order valence-electron chi connectivity index (χ4n) is 1.49. The van der Waals surface area contributed by atoms with Crippen molar-refractivity contribution in [3.63, 3.8) is 0 Å². The number of aromatic nitrogens is 2. The van der Waals surface area contributed by atoms with E-state index in [0.717, 1.165) is 15.4 Å². The van der Waals surface area contributed by atoms with Gasteiger partial charge in [0.1, 0.15) is 0 Å². The predicted molar refractivity (Wildman–Crippen MR) is 98.3 cm³/mol. The third-order valence-corrected chi connectivity index (χ3v) is 4.22. The van der Waals surface area contributed by atoms with Gasteiger partial charge in [-0.3, -0.25) is 0 Å². The Morgan fingerprint density at radius 2 is 1.48 bits per heavy atom. The molecule has 134 valence electrons. The second-order valence-electron chi connectivity index (χ2n) is 4.17. The van der Waals surface area contributed by atoms with Gasteiger partial charge in [-0.1, -0.05) is 0 Å². The van der Waals surface area contributed by atoms with Crippen molar-refractivity contribution in [3.05, 3.63) is 50.7 Å². The number of carbonyl (C=O) groups is 2. The molecule has 2 aromatic rings. The maximum Gasteiger partial charge on any atom is 0.359 e. The minimum Gasteiger partial charge on any atom is -0.464 e. The zero-order valence-corrected chi connectivity index (χ0v) is 17.4. The lowest BCUT2D eigenvalue weighted by Gasteiger charge is -2.03. The molecule has 0 atom stereocenters. The summed E-state index contributed by atoms with van der Waals surface area (Å²) >= 11 is 7.75. The van der Waals surface area contributed by atoms with Gasteiger partial charge in [-0.2, -0.15) is 0 Å². The van der Waals surface area contributed by atoms with Crippen molar-refractivity contribution >= 4 is 55.6 Å². The van der Waals surface area contributed by atoms with E-state index in [1.54, 1.807) is 6.20 Å². The van der Waals surface area contributed by atoms with Crippen molar-refractivity contribution in [2.75, 3.05) is 20.5 Å². The van der Waals surface area contributed by atoms with Gasteiger partial charge < -0.3 is 9.47 Å². The Morgan fingerprint density at radius 3 is 1.96 bits per heavy atom. The predicted octanol–water partition coefficient (Wildman–Crippen LogP) is 4.12. The van der Waals surface area contributed by atoms with Crippen LogP contribution in [0.3, 0.4) is 0 Å². The quantitative estimate of drug-likeness (QED) is 0.468. The van der Waals surface area contributed by atoms with Crippen LogP contribution in [0.25, 0.3) is 0 Å². The second-order valence-corrected chi connectivity index (χ2v) is 6.85. The van der Waals surface area contributed by atoms with E-state index in [4.69, 9.17) is 0 Å². The van der Waals surface area contributed by atoms with Crippen molar-refractivity contribution in [1.82, 2.24) is 9.97 Å². The molecule has 0 saturated carbocycles. The normalized spacial score (nSPS) is 9.68. The van der Waals surface area contributed by atoms with Crippen molar-refractivity contribution in [2.45, 2.75) is 4.90 Å². The zero-order valence-electron chi connectivity index (χ0n) is 13.4. The molecule has 10 heteroatoms. The standard InChI is InChI=1S/C8H8BrNO2S.C7H5BrFNO2/c1-12-8(11)7-6(13-2)3-5(9)4-10-7;1-12-7(11)6-5(9)2-4(8)3-10-6/h3-4H,1-2H3;2-3H,1H3. The Balaban J connectivity index is 0.000000251. The molecule has 2 aromatic heterocycles. The van der Waals surface area contributed by atoms with E-state index in [1.165, 1.54) is 32.2 Å². The largest absolute Gasteiger partial charge is 0.464 e. The number of rotatable bonds is 3. The maximum atomic E-state index is 12.9. The minimum absolute atomic E-state index is 0.305. The Labute approximate surface area is 164 Å². The van der Waals surface area contributed by atoms with E-state index in [1.807, 2.05) is 12.3 Å². The molecule has 0 aliphatic rings. The second kappa shape index (κ2) is 10.5. The highest BCUT2D eigenvalue weighted by atomic mass is 79.9. The zero-order chi connectivity index (χ0) is 19.0. The molecule has 25 heavy (non-hydrogen) atoms. The first kappa shape index (κ1) is 21.5. The number of hydrogen-bond acceptors (Lipinski definition) is 7. The molecule has 0 aliphatic carbocycles. The summed E-state index contributed by atoms with van der Waals surface area (Å²) in [5.74, 6) is -1.88. The van der Waals surface area contributed by atoms with Crippen molar-refractivity contribution < 1.29 is 23.5 Å². The van der Waals surface area contributed by atoms with Gasteiger partial charge in [-0.15, -0.1) is 11.8 Å². The van der Waals surface area contributed by atoms with Crippen molar-refractivity contribution in [1.29, 1.82) is 0 Å². The molecule has 0 unspecified atom stereocenters. The highest BCUT2D eigenvalue weighted by Gasteiger charge is 2.13.